The van der Waals surface area contributed by atoms with Crippen LogP contribution in [0.3, 0.4) is 0 Å². The van der Waals surface area contributed by atoms with E-state index in [4.69, 9.17) is 0 Å². The molecule has 106 valence electrons. The first-order valence-corrected chi connectivity index (χ1v) is 5.79. The van der Waals surface area contributed by atoms with Crippen LogP contribution in [-0.2, 0) is 11.3 Å². The summed E-state index contributed by atoms with van der Waals surface area (Å²) in [6, 6.07) is 2.12. The second kappa shape index (κ2) is 6.30. The summed E-state index contributed by atoms with van der Waals surface area (Å²) in [4.78, 5) is 34.2. The highest BCUT2D eigenvalue weighted by Gasteiger charge is 2.28. The molecule has 8 heteroatoms. The second-order valence-electron chi connectivity index (χ2n) is 4.23. The van der Waals surface area contributed by atoms with Crippen molar-refractivity contribution in [1.82, 2.24) is 15.1 Å². The van der Waals surface area contributed by atoms with Crippen molar-refractivity contribution in [2.24, 2.45) is 0 Å². The number of hydrogen-bond acceptors (Lipinski definition) is 5. The van der Waals surface area contributed by atoms with Gasteiger partial charge < -0.3 is 15.5 Å². The van der Waals surface area contributed by atoms with Crippen LogP contribution < -0.4 is 16.4 Å². The Balaban J connectivity index is 2.83. The number of aromatic nitrogens is 2. The highest BCUT2D eigenvalue weighted by atomic mass is 16.3. The maximum atomic E-state index is 11.8. The summed E-state index contributed by atoms with van der Waals surface area (Å²) in [7, 11) is 0. The van der Waals surface area contributed by atoms with Gasteiger partial charge in [0.2, 0.25) is 5.91 Å². The first-order valence-electron chi connectivity index (χ1n) is 5.79. The molecule has 1 rings (SSSR count). The summed E-state index contributed by atoms with van der Waals surface area (Å²) < 4.78 is 0.854. The number of nitrogens with zero attached hydrogens (tertiary/aromatic N) is 1. The van der Waals surface area contributed by atoms with Crippen LogP contribution in [0.15, 0.2) is 21.7 Å². The smallest absolute Gasteiger partial charge is 0.265 e. The van der Waals surface area contributed by atoms with E-state index in [0.29, 0.717) is 6.42 Å². The number of nitrogens with one attached hydrogen (secondary N) is 2. The zero-order valence-corrected chi connectivity index (χ0v) is 10.5. The molecule has 1 aromatic rings. The number of H-pyrrole nitrogens is 1. The lowest BCUT2D eigenvalue weighted by atomic mass is 9.98. The zero-order chi connectivity index (χ0) is 14.5. The molecule has 0 saturated heterocycles. The van der Waals surface area contributed by atoms with E-state index in [0.717, 1.165) is 16.8 Å². The van der Waals surface area contributed by atoms with E-state index in [1.165, 1.54) is 0 Å². The summed E-state index contributed by atoms with van der Waals surface area (Å²) in [5.41, 5.74) is -2.15. The van der Waals surface area contributed by atoms with Gasteiger partial charge in [0.05, 0.1) is 18.8 Å². The summed E-state index contributed by atoms with van der Waals surface area (Å²) in [5.74, 6) is -0.589. The largest absolute Gasteiger partial charge is 0.394 e. The normalized spacial score (nSPS) is 11.3. The van der Waals surface area contributed by atoms with Crippen molar-refractivity contribution in [3.05, 3.63) is 32.8 Å². The van der Waals surface area contributed by atoms with Gasteiger partial charge in [-0.2, -0.15) is 0 Å². The van der Waals surface area contributed by atoms with Gasteiger partial charge in [0.25, 0.3) is 11.1 Å². The van der Waals surface area contributed by atoms with E-state index in [-0.39, 0.29) is 0 Å². The van der Waals surface area contributed by atoms with E-state index in [2.05, 4.69) is 10.4 Å². The number of amides is 1. The molecule has 8 nitrogen and oxygen atoms in total. The highest BCUT2D eigenvalue weighted by molar-refractivity contribution is 5.76. The lowest BCUT2D eigenvalue weighted by molar-refractivity contribution is -0.125. The molecular weight excluding hydrogens is 254 g/mol. The quantitative estimate of drug-likeness (QED) is 0.467. The van der Waals surface area contributed by atoms with Gasteiger partial charge in [-0.25, -0.2) is 4.68 Å². The van der Waals surface area contributed by atoms with Crippen molar-refractivity contribution in [3.8, 4) is 0 Å². The lowest BCUT2D eigenvalue weighted by Gasteiger charge is -2.29. The number of carbonyl (C=O) groups is 1. The zero-order valence-electron chi connectivity index (χ0n) is 10.5. The van der Waals surface area contributed by atoms with Crippen molar-refractivity contribution in [1.29, 1.82) is 0 Å². The molecule has 0 unspecified atom stereocenters. The fourth-order valence-corrected chi connectivity index (χ4v) is 1.50. The van der Waals surface area contributed by atoms with Crippen molar-refractivity contribution < 1.29 is 15.0 Å². The van der Waals surface area contributed by atoms with Gasteiger partial charge in [0.1, 0.15) is 6.54 Å². The van der Waals surface area contributed by atoms with Crippen molar-refractivity contribution in [2.45, 2.75) is 25.4 Å². The highest BCUT2D eigenvalue weighted by Crippen LogP contribution is 2.07. The van der Waals surface area contributed by atoms with Gasteiger partial charge in [-0.1, -0.05) is 6.92 Å². The molecule has 0 spiro atoms. The molecular formula is C11H17N3O5. The Kier molecular flexibility index (Phi) is 5.02. The van der Waals surface area contributed by atoms with E-state index in [1.54, 1.807) is 6.92 Å². The summed E-state index contributed by atoms with van der Waals surface area (Å²) in [6.07, 6.45) is 0.325. The maximum absolute atomic E-state index is 11.8. The Morgan fingerprint density at radius 1 is 1.37 bits per heavy atom. The topological polar surface area (TPSA) is 124 Å². The van der Waals surface area contributed by atoms with Crippen LogP contribution in [0.2, 0.25) is 0 Å². The van der Waals surface area contributed by atoms with Crippen LogP contribution in [-0.4, -0.2) is 44.7 Å². The van der Waals surface area contributed by atoms with Crippen LogP contribution in [0.4, 0.5) is 0 Å². The van der Waals surface area contributed by atoms with E-state index >= 15 is 0 Å². The minimum absolute atomic E-state index is 0.325. The average molecular weight is 271 g/mol. The molecule has 0 saturated carbocycles. The molecule has 19 heavy (non-hydrogen) atoms. The first-order chi connectivity index (χ1) is 8.96. The third kappa shape index (κ3) is 3.76. The van der Waals surface area contributed by atoms with Gasteiger partial charge in [-0.15, -0.1) is 0 Å². The summed E-state index contributed by atoms with van der Waals surface area (Å²) >= 11 is 0. The first kappa shape index (κ1) is 15.1. The molecule has 0 aliphatic heterocycles. The second-order valence-corrected chi connectivity index (χ2v) is 4.23. The predicted molar refractivity (Wildman–Crippen MR) is 66.7 cm³/mol. The molecule has 0 radical (unpaired) electrons. The summed E-state index contributed by atoms with van der Waals surface area (Å²) in [6.45, 7) is 0.456. The molecule has 0 aromatic carbocycles. The van der Waals surface area contributed by atoms with Crippen LogP contribution in [0.25, 0.3) is 0 Å². The summed E-state index contributed by atoms with van der Waals surface area (Å²) in [5, 5.41) is 23.0. The molecule has 0 bridgehead atoms. The predicted octanol–water partition coefficient (Wildman–Crippen LogP) is -2.21. The van der Waals surface area contributed by atoms with Crippen LogP contribution >= 0.6 is 0 Å². The van der Waals surface area contributed by atoms with Gasteiger partial charge in [-0.05, 0) is 6.42 Å². The third-order valence-corrected chi connectivity index (χ3v) is 2.88. The van der Waals surface area contributed by atoms with E-state index in [1.807, 2.05) is 0 Å². The Morgan fingerprint density at radius 3 is 2.53 bits per heavy atom. The molecule has 0 fully saturated rings. The monoisotopic (exact) mass is 271 g/mol. The number of aliphatic hydroxyl groups is 2. The van der Waals surface area contributed by atoms with Crippen molar-refractivity contribution >= 4 is 5.91 Å². The molecule has 1 heterocycles. The SMILES string of the molecule is CCC(CO)(CO)NC(=O)Cn1[nH]c(=O)ccc1=O. The standard InChI is InChI=1S/C11H17N3O5/c1-2-11(6-15,7-16)12-9(18)5-14-10(19)4-3-8(17)13-14/h3-4,15-16H,2,5-7H2,1H3,(H,12,18)(H,13,17). The van der Waals surface area contributed by atoms with Crippen LogP contribution in [0.5, 0.6) is 0 Å². The van der Waals surface area contributed by atoms with Crippen LogP contribution in [0.1, 0.15) is 13.3 Å². The van der Waals surface area contributed by atoms with Crippen molar-refractivity contribution in [2.75, 3.05) is 13.2 Å². The number of hydrogen-bond donors (Lipinski definition) is 4. The molecule has 1 amide bonds. The van der Waals surface area contributed by atoms with Gasteiger partial charge >= 0.3 is 0 Å². The molecule has 0 atom stereocenters. The Bertz CT molecular complexity index is 535. The fourth-order valence-electron chi connectivity index (χ4n) is 1.50. The molecule has 1 aromatic heterocycles. The minimum atomic E-state index is -1.13. The number of carbonyl (C=O) groups excluding carboxylic acids is 1. The molecule has 0 aliphatic carbocycles. The molecule has 4 N–H and O–H groups in total. The average Bonchev–Trinajstić information content (AvgIpc) is 2.40. The number of aliphatic hydroxyl groups excluding tert-OH is 2. The van der Waals surface area contributed by atoms with Gasteiger partial charge in [0, 0.05) is 12.1 Å². The number of aromatic amines is 1. The minimum Gasteiger partial charge on any atom is -0.394 e. The van der Waals surface area contributed by atoms with E-state index < -0.39 is 42.3 Å². The van der Waals surface area contributed by atoms with Crippen molar-refractivity contribution in [3.63, 3.8) is 0 Å². The van der Waals surface area contributed by atoms with E-state index in [9.17, 15) is 24.6 Å². The lowest BCUT2D eigenvalue weighted by Crippen LogP contribution is -2.55. The maximum Gasteiger partial charge on any atom is 0.265 e. The Hall–Kier alpha value is -1.93. The Labute approximate surface area is 108 Å². The fraction of sp³-hybridized carbons (Fsp3) is 0.545. The molecule has 0 aliphatic rings. The Morgan fingerprint density at radius 2 is 2.00 bits per heavy atom. The van der Waals surface area contributed by atoms with Gasteiger partial charge in [0.15, 0.2) is 0 Å². The van der Waals surface area contributed by atoms with Gasteiger partial charge in [-0.3, -0.25) is 19.5 Å². The number of rotatable bonds is 6. The van der Waals surface area contributed by atoms with Crippen LogP contribution in [0, 0.1) is 0 Å². The third-order valence-electron chi connectivity index (χ3n) is 2.88.